The first-order chi connectivity index (χ1) is 11.1. The summed E-state index contributed by atoms with van der Waals surface area (Å²) in [5, 5.41) is 9.49. The zero-order valence-corrected chi connectivity index (χ0v) is 13.4. The van der Waals surface area contributed by atoms with Gasteiger partial charge in [-0.15, -0.1) is 0 Å². The molecule has 0 aliphatic carbocycles. The van der Waals surface area contributed by atoms with E-state index in [-0.39, 0.29) is 18.0 Å². The molecule has 0 unspecified atom stereocenters. The van der Waals surface area contributed by atoms with Crippen LogP contribution in [0.4, 0.5) is 0 Å². The van der Waals surface area contributed by atoms with Crippen molar-refractivity contribution < 1.29 is 19.0 Å². The van der Waals surface area contributed by atoms with Crippen LogP contribution in [0.3, 0.4) is 0 Å². The number of ketones is 1. The number of nitrogens with zero attached hydrogens (tertiary/aromatic N) is 1. The molecule has 5 nitrogen and oxygen atoms in total. The highest BCUT2D eigenvalue weighted by Gasteiger charge is 2.15. The van der Waals surface area contributed by atoms with Gasteiger partial charge in [0.25, 0.3) is 0 Å². The predicted molar refractivity (Wildman–Crippen MR) is 85.5 cm³/mol. The summed E-state index contributed by atoms with van der Waals surface area (Å²) in [5.41, 5.74) is 0.613. The largest absolute Gasteiger partial charge is 0.497 e. The van der Waals surface area contributed by atoms with Gasteiger partial charge < -0.3 is 14.2 Å². The summed E-state index contributed by atoms with van der Waals surface area (Å²) in [6.45, 7) is -0.236. The molecular weight excluding hydrogens is 318 g/mol. The molecule has 0 spiro atoms. The zero-order valence-electron chi connectivity index (χ0n) is 12.6. The van der Waals surface area contributed by atoms with Crippen molar-refractivity contribution in [2.45, 2.75) is 0 Å². The van der Waals surface area contributed by atoms with Gasteiger partial charge in [0.15, 0.2) is 6.61 Å². The highest BCUT2D eigenvalue weighted by molar-refractivity contribution is 6.30. The van der Waals surface area contributed by atoms with Crippen molar-refractivity contribution in [1.82, 2.24) is 0 Å². The number of hydrogen-bond donors (Lipinski definition) is 0. The van der Waals surface area contributed by atoms with Crippen LogP contribution in [0.2, 0.25) is 5.02 Å². The quantitative estimate of drug-likeness (QED) is 0.758. The monoisotopic (exact) mass is 331 g/mol. The lowest BCUT2D eigenvalue weighted by Crippen LogP contribution is -2.13. The molecule has 2 aromatic carbocycles. The van der Waals surface area contributed by atoms with E-state index in [1.54, 1.807) is 30.3 Å². The van der Waals surface area contributed by atoms with Gasteiger partial charge in [0, 0.05) is 5.02 Å². The Hall–Kier alpha value is -2.71. The van der Waals surface area contributed by atoms with Crippen molar-refractivity contribution in [2.75, 3.05) is 20.8 Å². The summed E-state index contributed by atoms with van der Waals surface area (Å²) in [6, 6.07) is 11.5. The second-order valence-corrected chi connectivity index (χ2v) is 4.97. The Morgan fingerprint density at radius 3 is 2.52 bits per heavy atom. The first kappa shape index (κ1) is 16.7. The van der Waals surface area contributed by atoms with Gasteiger partial charge in [-0.05, 0) is 36.4 Å². The zero-order chi connectivity index (χ0) is 16.8. The van der Waals surface area contributed by atoms with Gasteiger partial charge in [0.1, 0.15) is 23.3 Å². The molecule has 0 atom stereocenters. The van der Waals surface area contributed by atoms with Gasteiger partial charge in [0.2, 0.25) is 5.78 Å². The third kappa shape index (κ3) is 3.93. The molecule has 0 amide bonds. The van der Waals surface area contributed by atoms with Crippen LogP contribution in [0.5, 0.6) is 17.2 Å². The predicted octanol–water partition coefficient (Wildman–Crippen LogP) is 3.49. The molecule has 0 saturated carbocycles. The van der Waals surface area contributed by atoms with Crippen molar-refractivity contribution in [3.05, 3.63) is 52.5 Å². The van der Waals surface area contributed by atoms with E-state index in [1.807, 2.05) is 6.07 Å². The molecule has 0 fully saturated rings. The number of methoxy groups -OCH3 is 2. The molecule has 0 aromatic heterocycles. The average molecular weight is 332 g/mol. The molecule has 118 valence electrons. The third-order valence-electron chi connectivity index (χ3n) is 3.13. The fourth-order valence-corrected chi connectivity index (χ4v) is 2.14. The molecule has 0 radical (unpaired) electrons. The minimum atomic E-state index is -0.292. The second kappa shape index (κ2) is 7.52. The number of carbonyl (C=O) groups excluding carboxylic acids is 1. The Morgan fingerprint density at radius 1 is 1.13 bits per heavy atom. The van der Waals surface area contributed by atoms with Gasteiger partial charge in [0.05, 0.1) is 25.3 Å². The third-order valence-corrected chi connectivity index (χ3v) is 3.36. The van der Waals surface area contributed by atoms with Crippen LogP contribution in [0.25, 0.3) is 0 Å². The Labute approximate surface area is 139 Å². The fraction of sp³-hybridized carbons (Fsp3) is 0.176. The molecular formula is C17H14ClNO4. The topological polar surface area (TPSA) is 68.6 Å². The summed E-state index contributed by atoms with van der Waals surface area (Å²) in [7, 11) is 2.99. The number of ether oxygens (including phenoxy) is 3. The van der Waals surface area contributed by atoms with E-state index in [1.165, 1.54) is 20.3 Å². The van der Waals surface area contributed by atoms with E-state index in [2.05, 4.69) is 0 Å². The molecule has 0 bridgehead atoms. The summed E-state index contributed by atoms with van der Waals surface area (Å²) in [6.07, 6.45) is 0. The lowest BCUT2D eigenvalue weighted by atomic mass is 10.1. The van der Waals surface area contributed by atoms with E-state index < -0.39 is 0 Å². The van der Waals surface area contributed by atoms with Crippen molar-refractivity contribution in [3.8, 4) is 23.3 Å². The summed E-state index contributed by atoms with van der Waals surface area (Å²) < 4.78 is 15.7. The Balaban J connectivity index is 2.19. The van der Waals surface area contributed by atoms with Crippen molar-refractivity contribution >= 4 is 17.4 Å². The van der Waals surface area contributed by atoms with Crippen LogP contribution in [-0.4, -0.2) is 26.6 Å². The summed E-state index contributed by atoms with van der Waals surface area (Å²) in [4.78, 5) is 12.4. The molecule has 0 saturated heterocycles. The number of Topliss-reactive ketones (excluding diaryl/α,β-unsaturated/α-hetero) is 1. The Kier molecular flexibility index (Phi) is 5.45. The highest BCUT2D eigenvalue weighted by atomic mass is 35.5. The molecule has 0 N–H and O–H groups in total. The lowest BCUT2D eigenvalue weighted by Gasteiger charge is -2.11. The molecule has 0 heterocycles. The van der Waals surface area contributed by atoms with Gasteiger partial charge in [-0.3, -0.25) is 4.79 Å². The van der Waals surface area contributed by atoms with E-state index in [0.717, 1.165) is 0 Å². The number of rotatable bonds is 6. The minimum absolute atomic E-state index is 0.236. The first-order valence-electron chi connectivity index (χ1n) is 6.66. The second-order valence-electron chi connectivity index (χ2n) is 4.53. The van der Waals surface area contributed by atoms with Crippen molar-refractivity contribution in [1.29, 1.82) is 5.26 Å². The molecule has 6 heteroatoms. The fourth-order valence-electron chi connectivity index (χ4n) is 1.97. The highest BCUT2D eigenvalue weighted by Crippen LogP contribution is 2.26. The maximum Gasteiger partial charge on any atom is 0.204 e. The average Bonchev–Trinajstić information content (AvgIpc) is 2.59. The minimum Gasteiger partial charge on any atom is -0.497 e. The van der Waals surface area contributed by atoms with Crippen LogP contribution < -0.4 is 14.2 Å². The standard InChI is InChI=1S/C17H14ClNO4/c1-21-13-4-6-17(22-2)14(8-13)15(20)10-23-16-5-3-12(18)7-11(16)9-19/h3-8H,10H2,1-2H3. The van der Waals surface area contributed by atoms with Crippen LogP contribution in [0.1, 0.15) is 15.9 Å². The molecule has 2 aromatic rings. The molecule has 0 aliphatic rings. The maximum absolute atomic E-state index is 12.4. The van der Waals surface area contributed by atoms with Crippen LogP contribution in [0.15, 0.2) is 36.4 Å². The van der Waals surface area contributed by atoms with Crippen LogP contribution in [0, 0.1) is 11.3 Å². The summed E-state index contributed by atoms with van der Waals surface area (Å²) in [5.74, 6) is 0.973. The van der Waals surface area contributed by atoms with Crippen LogP contribution in [-0.2, 0) is 0 Å². The molecule has 2 rings (SSSR count). The van der Waals surface area contributed by atoms with Crippen molar-refractivity contribution in [2.24, 2.45) is 0 Å². The lowest BCUT2D eigenvalue weighted by molar-refractivity contribution is 0.0918. The SMILES string of the molecule is COc1ccc(OC)c(C(=O)COc2ccc(Cl)cc2C#N)c1. The Bertz CT molecular complexity index is 768. The normalized spacial score (nSPS) is 9.83. The Morgan fingerprint density at radius 2 is 1.87 bits per heavy atom. The smallest absolute Gasteiger partial charge is 0.204 e. The van der Waals surface area contributed by atoms with Gasteiger partial charge in [-0.25, -0.2) is 0 Å². The molecule has 0 aliphatic heterocycles. The number of nitriles is 1. The van der Waals surface area contributed by atoms with E-state index >= 15 is 0 Å². The number of halogens is 1. The van der Waals surface area contributed by atoms with Gasteiger partial charge in [-0.1, -0.05) is 11.6 Å². The maximum atomic E-state index is 12.4. The summed E-state index contributed by atoms with van der Waals surface area (Å²) >= 11 is 5.82. The van der Waals surface area contributed by atoms with E-state index in [9.17, 15) is 4.79 Å². The van der Waals surface area contributed by atoms with Crippen molar-refractivity contribution in [3.63, 3.8) is 0 Å². The molecule has 23 heavy (non-hydrogen) atoms. The van der Waals surface area contributed by atoms with E-state index in [4.69, 9.17) is 31.1 Å². The number of benzene rings is 2. The first-order valence-corrected chi connectivity index (χ1v) is 7.04. The van der Waals surface area contributed by atoms with E-state index in [0.29, 0.717) is 27.8 Å². The van der Waals surface area contributed by atoms with Gasteiger partial charge >= 0.3 is 0 Å². The van der Waals surface area contributed by atoms with Gasteiger partial charge in [-0.2, -0.15) is 5.26 Å². The van der Waals surface area contributed by atoms with Crippen LogP contribution >= 0.6 is 11.6 Å². The number of carbonyl (C=O) groups is 1. The number of hydrogen-bond acceptors (Lipinski definition) is 5.